The Morgan fingerprint density at radius 3 is 2.67 bits per heavy atom. The Labute approximate surface area is 196 Å². The largest absolute Gasteiger partial charge is 0.353 e. The van der Waals surface area contributed by atoms with Crippen molar-refractivity contribution in [2.75, 3.05) is 18.0 Å². The number of hydrogen-bond donors (Lipinski definition) is 2. The molecule has 1 saturated heterocycles. The van der Waals surface area contributed by atoms with Crippen LogP contribution in [0.1, 0.15) is 45.4 Å². The van der Waals surface area contributed by atoms with Crippen molar-refractivity contribution in [1.29, 1.82) is 0 Å². The lowest BCUT2D eigenvalue weighted by atomic mass is 9.85. The molecule has 3 heterocycles. The lowest BCUT2D eigenvalue weighted by molar-refractivity contribution is -0.126. The first-order valence-corrected chi connectivity index (χ1v) is 12.7. The van der Waals surface area contributed by atoms with E-state index in [4.69, 9.17) is 4.98 Å². The number of nitrogens with one attached hydrogen (secondary N) is 2. The first kappa shape index (κ1) is 22.1. The molecule has 2 atom stereocenters. The molecule has 174 valence electrons. The van der Waals surface area contributed by atoms with Crippen LogP contribution in [0.3, 0.4) is 0 Å². The average Bonchev–Trinajstić information content (AvgIpc) is 3.25. The summed E-state index contributed by atoms with van der Waals surface area (Å²) in [5, 5.41) is 5.08. The second-order valence-corrected chi connectivity index (χ2v) is 10.2. The molecule has 2 N–H and O–H groups in total. The Hall–Kier alpha value is -2.74. The molecule has 1 aliphatic carbocycles. The summed E-state index contributed by atoms with van der Waals surface area (Å²) in [5.41, 5.74) is 1.39. The van der Waals surface area contributed by atoms with Crippen molar-refractivity contribution < 1.29 is 9.18 Å². The molecule has 5 rings (SSSR count). The lowest BCUT2D eigenvalue weighted by Crippen LogP contribution is -2.47. The van der Waals surface area contributed by atoms with Crippen LogP contribution in [-0.4, -0.2) is 35.0 Å². The zero-order valence-corrected chi connectivity index (χ0v) is 19.6. The Bertz CT molecular complexity index is 1210. The molecule has 2 aliphatic rings. The number of aromatic amines is 1. The molecule has 33 heavy (non-hydrogen) atoms. The summed E-state index contributed by atoms with van der Waals surface area (Å²) < 4.78 is 14.9. The summed E-state index contributed by atoms with van der Waals surface area (Å²) in [6.45, 7) is 3.52. The number of anilines is 1. The Kier molecular flexibility index (Phi) is 6.19. The van der Waals surface area contributed by atoms with Crippen molar-refractivity contribution >= 4 is 33.4 Å². The van der Waals surface area contributed by atoms with Crippen LogP contribution in [0.4, 0.5) is 10.3 Å². The van der Waals surface area contributed by atoms with Gasteiger partial charge >= 0.3 is 0 Å². The highest BCUT2D eigenvalue weighted by Crippen LogP contribution is 2.33. The van der Waals surface area contributed by atoms with E-state index in [1.807, 2.05) is 4.90 Å². The van der Waals surface area contributed by atoms with Gasteiger partial charge in [-0.25, -0.2) is 9.37 Å². The second-order valence-electron chi connectivity index (χ2n) is 9.33. The van der Waals surface area contributed by atoms with Crippen LogP contribution < -0.4 is 15.8 Å². The van der Waals surface area contributed by atoms with E-state index in [0.717, 1.165) is 19.3 Å². The Balaban J connectivity index is 1.31. The minimum Gasteiger partial charge on any atom is -0.353 e. The molecule has 0 spiro atoms. The van der Waals surface area contributed by atoms with Crippen molar-refractivity contribution in [2.45, 2.75) is 51.5 Å². The highest BCUT2D eigenvalue weighted by Gasteiger charge is 2.30. The first-order valence-electron chi connectivity index (χ1n) is 11.8. The fourth-order valence-corrected chi connectivity index (χ4v) is 6.02. The number of carbonyl (C=O) groups is 1. The van der Waals surface area contributed by atoms with Gasteiger partial charge in [-0.2, -0.15) is 0 Å². The number of carbonyl (C=O) groups excluding carboxylic acids is 1. The summed E-state index contributed by atoms with van der Waals surface area (Å²) in [6, 6.07) is 6.84. The predicted octanol–water partition coefficient (Wildman–Crippen LogP) is 4.70. The quantitative estimate of drug-likeness (QED) is 0.582. The maximum absolute atomic E-state index is 14.4. The molecule has 6 nitrogen and oxygen atoms in total. The first-order chi connectivity index (χ1) is 16.0. The van der Waals surface area contributed by atoms with E-state index in [-0.39, 0.29) is 23.2 Å². The predicted molar refractivity (Wildman–Crippen MR) is 130 cm³/mol. The van der Waals surface area contributed by atoms with E-state index in [9.17, 15) is 14.0 Å². The number of benzene rings is 1. The third-order valence-corrected chi connectivity index (χ3v) is 8.15. The van der Waals surface area contributed by atoms with Gasteiger partial charge in [-0.05, 0) is 37.7 Å². The zero-order valence-electron chi connectivity index (χ0n) is 18.8. The third kappa shape index (κ3) is 4.40. The summed E-state index contributed by atoms with van der Waals surface area (Å²) in [5.74, 6) is 0.840. The van der Waals surface area contributed by atoms with Gasteiger partial charge in [-0.15, -0.1) is 11.3 Å². The van der Waals surface area contributed by atoms with E-state index in [2.05, 4.69) is 17.2 Å². The molecule has 0 bridgehead atoms. The molecule has 3 aromatic rings. The minimum absolute atomic E-state index is 0.0130. The van der Waals surface area contributed by atoms with Gasteiger partial charge < -0.3 is 10.2 Å². The topological polar surface area (TPSA) is 78.1 Å². The van der Waals surface area contributed by atoms with Gasteiger partial charge in [0.05, 0.1) is 5.52 Å². The van der Waals surface area contributed by atoms with Gasteiger partial charge in [-0.3, -0.25) is 14.6 Å². The molecule has 1 amide bonds. The molecule has 8 heteroatoms. The molecule has 0 unspecified atom stereocenters. The standard InChI is InChI=1S/C25H29FN4O2S/c1-15-6-2-5-9-20(15)27-23(31)16-10-12-30(13-11-16)25-28-21-18(14-33-22(21)24(32)29-25)17-7-3-4-8-19(17)26/h3-4,7-8,14-16,20H,2,5-6,9-13H2,1H3,(H,27,31)(H,28,29,32)/t15-,20-/m0/s1. The maximum atomic E-state index is 14.4. The third-order valence-electron chi connectivity index (χ3n) is 7.18. The maximum Gasteiger partial charge on any atom is 0.270 e. The van der Waals surface area contributed by atoms with Crippen LogP contribution in [0.5, 0.6) is 0 Å². The molecule has 0 radical (unpaired) electrons. The lowest BCUT2D eigenvalue weighted by Gasteiger charge is -2.34. The molecular formula is C25H29FN4O2S. The minimum atomic E-state index is -0.333. The number of fused-ring (bicyclic) bond motifs is 1. The van der Waals surface area contributed by atoms with Crippen LogP contribution >= 0.6 is 11.3 Å². The van der Waals surface area contributed by atoms with Crippen LogP contribution in [0.25, 0.3) is 21.3 Å². The monoisotopic (exact) mass is 468 g/mol. The van der Waals surface area contributed by atoms with Gasteiger partial charge in [0, 0.05) is 41.6 Å². The number of aromatic nitrogens is 2. The van der Waals surface area contributed by atoms with Crippen LogP contribution in [0.15, 0.2) is 34.4 Å². The highest BCUT2D eigenvalue weighted by atomic mass is 32.1. The molecule has 1 aliphatic heterocycles. The van der Waals surface area contributed by atoms with Crippen molar-refractivity contribution in [1.82, 2.24) is 15.3 Å². The number of halogens is 1. The summed E-state index contributed by atoms with van der Waals surface area (Å²) in [4.78, 5) is 35.2. The van der Waals surface area contributed by atoms with Gasteiger partial charge in [-0.1, -0.05) is 38.0 Å². The molecular weight excluding hydrogens is 439 g/mol. The summed E-state index contributed by atoms with van der Waals surface area (Å²) in [7, 11) is 0. The van der Waals surface area contributed by atoms with E-state index >= 15 is 0 Å². The second kappa shape index (κ2) is 9.25. The van der Waals surface area contributed by atoms with Crippen LogP contribution in [0.2, 0.25) is 0 Å². The number of thiophene rings is 1. The number of rotatable bonds is 4. The highest BCUT2D eigenvalue weighted by molar-refractivity contribution is 7.17. The number of amides is 1. The van der Waals surface area contributed by atoms with Crippen LogP contribution in [-0.2, 0) is 4.79 Å². The normalized spacial score (nSPS) is 21.9. The Morgan fingerprint density at radius 2 is 1.91 bits per heavy atom. The molecule has 2 aromatic heterocycles. The molecule has 1 saturated carbocycles. The van der Waals surface area contributed by atoms with Gasteiger partial charge in [0.2, 0.25) is 11.9 Å². The number of H-pyrrole nitrogens is 1. The van der Waals surface area contributed by atoms with E-state index < -0.39 is 0 Å². The Morgan fingerprint density at radius 1 is 1.15 bits per heavy atom. The van der Waals surface area contributed by atoms with Gasteiger partial charge in [0.1, 0.15) is 10.5 Å². The fraction of sp³-hybridized carbons (Fsp3) is 0.480. The number of piperidine rings is 1. The number of hydrogen-bond acceptors (Lipinski definition) is 5. The van der Waals surface area contributed by atoms with Crippen molar-refractivity contribution in [2.24, 2.45) is 11.8 Å². The molecule has 1 aromatic carbocycles. The summed E-state index contributed by atoms with van der Waals surface area (Å²) >= 11 is 1.28. The van der Waals surface area contributed by atoms with Gasteiger partial charge in [0.25, 0.3) is 5.56 Å². The van der Waals surface area contributed by atoms with Crippen molar-refractivity contribution in [3.8, 4) is 11.1 Å². The zero-order chi connectivity index (χ0) is 22.9. The van der Waals surface area contributed by atoms with E-state index in [0.29, 0.717) is 52.3 Å². The molecule has 2 fully saturated rings. The van der Waals surface area contributed by atoms with Crippen LogP contribution in [0, 0.1) is 17.7 Å². The fourth-order valence-electron chi connectivity index (χ4n) is 5.12. The van der Waals surface area contributed by atoms with E-state index in [1.165, 1.54) is 36.7 Å². The van der Waals surface area contributed by atoms with E-state index in [1.54, 1.807) is 23.6 Å². The van der Waals surface area contributed by atoms with Gasteiger partial charge in [0.15, 0.2) is 0 Å². The van der Waals surface area contributed by atoms with Crippen molar-refractivity contribution in [3.63, 3.8) is 0 Å². The summed E-state index contributed by atoms with van der Waals surface area (Å²) in [6.07, 6.45) is 6.14. The number of nitrogens with zero attached hydrogens (tertiary/aromatic N) is 2. The SMILES string of the molecule is C[C@H]1CCCC[C@@H]1NC(=O)C1CCN(c2nc3c(-c4ccccc4F)csc3c(=O)[nH]2)CC1. The van der Waals surface area contributed by atoms with Crippen molar-refractivity contribution in [3.05, 3.63) is 45.8 Å². The average molecular weight is 469 g/mol. The smallest absolute Gasteiger partial charge is 0.270 e.